The zero-order chi connectivity index (χ0) is 21.3. The van der Waals surface area contributed by atoms with E-state index in [1.165, 1.54) is 15.9 Å². The highest BCUT2D eigenvalue weighted by atomic mass is 35.5. The van der Waals surface area contributed by atoms with E-state index in [-0.39, 0.29) is 18.0 Å². The van der Waals surface area contributed by atoms with Crippen LogP contribution in [0.4, 0.5) is 4.79 Å². The molecule has 3 aromatic rings. The second-order valence-electron chi connectivity index (χ2n) is 7.04. The molecule has 1 aromatic carbocycles. The highest BCUT2D eigenvalue weighted by Crippen LogP contribution is 2.40. The lowest BCUT2D eigenvalue weighted by molar-refractivity contribution is 0.0715. The van der Waals surface area contributed by atoms with Gasteiger partial charge in [-0.3, -0.25) is 4.90 Å². The van der Waals surface area contributed by atoms with E-state index in [9.17, 15) is 9.90 Å². The van der Waals surface area contributed by atoms with Gasteiger partial charge in [0.05, 0.1) is 17.5 Å². The first-order valence-corrected chi connectivity index (χ1v) is 11.2. The lowest BCUT2D eigenvalue weighted by Gasteiger charge is -2.38. The summed E-state index contributed by atoms with van der Waals surface area (Å²) in [5.74, 6) is 0.809. The van der Waals surface area contributed by atoms with Gasteiger partial charge in [0, 0.05) is 37.6 Å². The predicted octanol–water partition coefficient (Wildman–Crippen LogP) is 3.58. The highest BCUT2D eigenvalue weighted by Gasteiger charge is 2.33. The number of thiazole rings is 1. The first-order valence-electron chi connectivity index (χ1n) is 10.00. The van der Waals surface area contributed by atoms with Crippen molar-refractivity contribution in [3.05, 3.63) is 45.6 Å². The number of fused-ring (bicyclic) bond motifs is 1. The number of carbonyl (C=O) groups is 1. The minimum Gasteiger partial charge on any atom is -0.492 e. The first kappa shape index (κ1) is 20.9. The van der Waals surface area contributed by atoms with E-state index < -0.39 is 0 Å². The molecule has 1 unspecified atom stereocenters. The number of piperazine rings is 1. The zero-order valence-corrected chi connectivity index (χ0v) is 18.5. The predicted molar refractivity (Wildman–Crippen MR) is 115 cm³/mol. The van der Waals surface area contributed by atoms with Crippen molar-refractivity contribution >= 4 is 34.0 Å². The SMILES string of the molecule is CCOC(=O)N1CCN(C(c2ccc(Cl)cc2)c2sc3nc(CC)nn3c2O)CC1. The third-order valence-corrected chi connectivity index (χ3v) is 6.52. The number of rotatable bonds is 5. The maximum atomic E-state index is 12.1. The van der Waals surface area contributed by atoms with Crippen molar-refractivity contribution in [1.29, 1.82) is 0 Å². The molecule has 1 atom stereocenters. The van der Waals surface area contributed by atoms with Crippen LogP contribution in [0.15, 0.2) is 24.3 Å². The van der Waals surface area contributed by atoms with Gasteiger partial charge in [-0.15, -0.1) is 5.10 Å². The molecular weight excluding hydrogens is 426 g/mol. The molecule has 10 heteroatoms. The second kappa shape index (κ2) is 8.79. The van der Waals surface area contributed by atoms with Gasteiger partial charge < -0.3 is 14.7 Å². The average Bonchev–Trinajstić information content (AvgIpc) is 3.29. The summed E-state index contributed by atoms with van der Waals surface area (Å²) in [7, 11) is 0. The normalized spacial score (nSPS) is 16.2. The molecule has 1 saturated heterocycles. The van der Waals surface area contributed by atoms with Crippen LogP contribution in [-0.4, -0.2) is 68.4 Å². The fourth-order valence-corrected chi connectivity index (χ4v) is 4.93. The monoisotopic (exact) mass is 449 g/mol. The number of halogens is 1. The number of aryl methyl sites for hydroxylation is 1. The summed E-state index contributed by atoms with van der Waals surface area (Å²) >= 11 is 7.54. The van der Waals surface area contributed by atoms with Gasteiger partial charge in [0.1, 0.15) is 0 Å². The Kier molecular flexibility index (Phi) is 6.12. The van der Waals surface area contributed by atoms with Gasteiger partial charge in [-0.2, -0.15) is 4.52 Å². The van der Waals surface area contributed by atoms with Crippen LogP contribution in [0.1, 0.15) is 36.2 Å². The number of aromatic hydroxyl groups is 1. The summed E-state index contributed by atoms with van der Waals surface area (Å²) < 4.78 is 6.64. The molecule has 0 saturated carbocycles. The van der Waals surface area contributed by atoms with Gasteiger partial charge in [0.15, 0.2) is 5.82 Å². The van der Waals surface area contributed by atoms with E-state index in [0.29, 0.717) is 55.0 Å². The van der Waals surface area contributed by atoms with E-state index >= 15 is 0 Å². The molecule has 2 aromatic heterocycles. The second-order valence-corrected chi connectivity index (χ2v) is 8.49. The first-order chi connectivity index (χ1) is 14.5. The van der Waals surface area contributed by atoms with Gasteiger partial charge >= 0.3 is 6.09 Å². The van der Waals surface area contributed by atoms with Crippen LogP contribution in [0.3, 0.4) is 0 Å². The number of nitrogens with zero attached hydrogens (tertiary/aromatic N) is 5. The number of benzene rings is 1. The van der Waals surface area contributed by atoms with Crippen LogP contribution < -0.4 is 0 Å². The Morgan fingerprint density at radius 3 is 2.53 bits per heavy atom. The van der Waals surface area contributed by atoms with E-state index in [1.54, 1.807) is 11.8 Å². The van der Waals surface area contributed by atoms with Gasteiger partial charge in [0.2, 0.25) is 10.8 Å². The summed E-state index contributed by atoms with van der Waals surface area (Å²) in [6.45, 7) is 6.57. The van der Waals surface area contributed by atoms with Crippen molar-refractivity contribution in [3.63, 3.8) is 0 Å². The third-order valence-electron chi connectivity index (χ3n) is 5.20. The van der Waals surface area contributed by atoms with Crippen molar-refractivity contribution in [2.45, 2.75) is 26.3 Å². The molecule has 1 amide bonds. The third kappa shape index (κ3) is 3.97. The van der Waals surface area contributed by atoms with Crippen molar-refractivity contribution in [3.8, 4) is 5.88 Å². The summed E-state index contributed by atoms with van der Waals surface area (Å²) in [6.07, 6.45) is 0.425. The Morgan fingerprint density at radius 2 is 1.93 bits per heavy atom. The van der Waals surface area contributed by atoms with E-state index in [0.717, 1.165) is 10.4 Å². The lowest BCUT2D eigenvalue weighted by Crippen LogP contribution is -2.49. The van der Waals surface area contributed by atoms with Crippen molar-refractivity contribution in [2.24, 2.45) is 0 Å². The number of ether oxygens (including phenoxy) is 1. The molecule has 0 spiro atoms. The molecule has 160 valence electrons. The standard InChI is InChI=1S/C20H24ClN5O3S/c1-3-15-22-19-26(23-15)18(27)17(30-19)16(13-5-7-14(21)8-6-13)24-9-11-25(12-10-24)20(28)29-4-2/h5-8,16,27H,3-4,9-12H2,1-2H3. The van der Waals surface area contributed by atoms with Crippen LogP contribution in [0.2, 0.25) is 5.02 Å². The molecule has 0 aliphatic carbocycles. The van der Waals surface area contributed by atoms with Gasteiger partial charge in [-0.1, -0.05) is 42.0 Å². The Balaban J connectivity index is 1.66. The van der Waals surface area contributed by atoms with Crippen LogP contribution in [0, 0.1) is 0 Å². The zero-order valence-electron chi connectivity index (χ0n) is 16.9. The van der Waals surface area contributed by atoms with Gasteiger partial charge in [-0.25, -0.2) is 9.78 Å². The molecule has 0 bridgehead atoms. The molecule has 3 heterocycles. The highest BCUT2D eigenvalue weighted by molar-refractivity contribution is 7.17. The number of amides is 1. The number of hydrogen-bond acceptors (Lipinski definition) is 7. The Morgan fingerprint density at radius 1 is 1.23 bits per heavy atom. The number of aromatic nitrogens is 3. The van der Waals surface area contributed by atoms with E-state index in [1.807, 2.05) is 31.2 Å². The Labute approximate surface area is 183 Å². The largest absolute Gasteiger partial charge is 0.492 e. The minimum atomic E-state index is -0.283. The quantitative estimate of drug-likeness (QED) is 0.641. The van der Waals surface area contributed by atoms with E-state index in [4.69, 9.17) is 16.3 Å². The van der Waals surface area contributed by atoms with Crippen molar-refractivity contribution in [2.75, 3.05) is 32.8 Å². The molecule has 0 radical (unpaired) electrons. The molecule has 30 heavy (non-hydrogen) atoms. The topological polar surface area (TPSA) is 83.2 Å². The van der Waals surface area contributed by atoms with Crippen LogP contribution in [0.5, 0.6) is 5.88 Å². The fourth-order valence-electron chi connectivity index (χ4n) is 3.67. The minimum absolute atomic E-state index is 0.106. The summed E-state index contributed by atoms with van der Waals surface area (Å²) in [6, 6.07) is 7.45. The van der Waals surface area contributed by atoms with Gasteiger partial charge in [0.25, 0.3) is 0 Å². The van der Waals surface area contributed by atoms with Crippen LogP contribution in [0.25, 0.3) is 4.96 Å². The maximum absolute atomic E-state index is 12.1. The summed E-state index contributed by atoms with van der Waals surface area (Å²) in [4.78, 5) is 22.0. The fraction of sp³-hybridized carbons (Fsp3) is 0.450. The van der Waals surface area contributed by atoms with Crippen LogP contribution in [-0.2, 0) is 11.2 Å². The van der Waals surface area contributed by atoms with E-state index in [2.05, 4.69) is 15.0 Å². The molecule has 1 aliphatic rings. The smallest absolute Gasteiger partial charge is 0.409 e. The molecule has 4 rings (SSSR count). The summed E-state index contributed by atoms with van der Waals surface area (Å²) in [5, 5.41) is 16.0. The van der Waals surface area contributed by atoms with Crippen LogP contribution >= 0.6 is 22.9 Å². The van der Waals surface area contributed by atoms with Crippen molar-refractivity contribution in [1.82, 2.24) is 24.4 Å². The van der Waals surface area contributed by atoms with Gasteiger partial charge in [-0.05, 0) is 24.6 Å². The maximum Gasteiger partial charge on any atom is 0.409 e. The Bertz CT molecular complexity index is 1030. The summed E-state index contributed by atoms with van der Waals surface area (Å²) in [5.41, 5.74) is 1.01. The number of hydrogen-bond donors (Lipinski definition) is 1. The average molecular weight is 450 g/mol. The molecule has 1 aliphatic heterocycles. The molecule has 1 N–H and O–H groups in total. The molecule has 8 nitrogen and oxygen atoms in total. The Hall–Kier alpha value is -2.36. The molecular formula is C20H24ClN5O3S. The number of carbonyl (C=O) groups excluding carboxylic acids is 1. The van der Waals surface area contributed by atoms with Crippen molar-refractivity contribution < 1.29 is 14.6 Å². The molecule has 1 fully saturated rings. The lowest BCUT2D eigenvalue weighted by atomic mass is 10.0.